The maximum atomic E-state index is 7.11. The van der Waals surface area contributed by atoms with Crippen LogP contribution < -0.4 is 0 Å². The van der Waals surface area contributed by atoms with Crippen molar-refractivity contribution in [2.24, 2.45) is 0 Å². The summed E-state index contributed by atoms with van der Waals surface area (Å²) < 4.78 is 9.74. The number of thiophene rings is 1. The van der Waals surface area contributed by atoms with Crippen LogP contribution in [0.3, 0.4) is 0 Å². The zero-order valence-corrected chi connectivity index (χ0v) is 33.3. The minimum absolute atomic E-state index is 0.886. The van der Waals surface area contributed by atoms with E-state index in [1.165, 1.54) is 102 Å². The van der Waals surface area contributed by atoms with Crippen LogP contribution in [-0.4, -0.2) is 0 Å². The number of para-hydroxylation sites is 1. The quantitative estimate of drug-likeness (QED) is 0.162. The Balaban J connectivity index is 1.09. The van der Waals surface area contributed by atoms with E-state index in [2.05, 4.69) is 206 Å². The molecule has 278 valence electrons. The number of benzene rings is 11. The highest BCUT2D eigenvalue weighted by molar-refractivity contribution is 7.25. The average molecular weight is 779 g/mol. The Labute approximate surface area is 350 Å². The Morgan fingerprint density at radius 2 is 0.733 bits per heavy atom. The van der Waals surface area contributed by atoms with Crippen molar-refractivity contribution in [3.05, 3.63) is 206 Å². The van der Waals surface area contributed by atoms with Gasteiger partial charge in [0.15, 0.2) is 0 Å². The molecule has 0 saturated heterocycles. The fourth-order valence-corrected chi connectivity index (χ4v) is 11.3. The van der Waals surface area contributed by atoms with E-state index in [0.717, 1.165) is 27.5 Å². The smallest absolute Gasteiger partial charge is 0.143 e. The molecule has 11 aromatic carbocycles. The van der Waals surface area contributed by atoms with Crippen LogP contribution in [0.4, 0.5) is 0 Å². The van der Waals surface area contributed by atoms with Crippen LogP contribution in [0.2, 0.25) is 0 Å². The topological polar surface area (TPSA) is 13.1 Å². The lowest BCUT2D eigenvalue weighted by molar-refractivity contribution is 0.670. The van der Waals surface area contributed by atoms with Gasteiger partial charge in [-0.2, -0.15) is 0 Å². The Kier molecular flexibility index (Phi) is 7.24. The number of furan rings is 1. The van der Waals surface area contributed by atoms with Crippen molar-refractivity contribution in [1.29, 1.82) is 0 Å². The molecule has 0 saturated carbocycles. The van der Waals surface area contributed by atoms with Crippen molar-refractivity contribution in [1.82, 2.24) is 0 Å². The van der Waals surface area contributed by atoms with Crippen LogP contribution in [0.1, 0.15) is 0 Å². The molecule has 0 unspecified atom stereocenters. The number of rotatable bonds is 4. The Bertz CT molecular complexity index is 3770. The number of hydrogen-bond acceptors (Lipinski definition) is 2. The molecule has 2 heteroatoms. The first-order valence-corrected chi connectivity index (χ1v) is 21.4. The summed E-state index contributed by atoms with van der Waals surface area (Å²) in [4.78, 5) is 0. The van der Waals surface area contributed by atoms with Crippen molar-refractivity contribution >= 4 is 96.5 Å². The molecule has 0 radical (unpaired) electrons. The molecule has 0 amide bonds. The third-order valence-electron chi connectivity index (χ3n) is 12.7. The van der Waals surface area contributed by atoms with E-state index in [1.54, 1.807) is 0 Å². The molecule has 0 aliphatic rings. The lowest BCUT2D eigenvalue weighted by Gasteiger charge is -2.18. The van der Waals surface area contributed by atoms with Gasteiger partial charge in [0.05, 0.1) is 0 Å². The molecule has 0 spiro atoms. The van der Waals surface area contributed by atoms with Crippen molar-refractivity contribution < 1.29 is 4.42 Å². The molecule has 0 aliphatic carbocycles. The summed E-state index contributed by atoms with van der Waals surface area (Å²) in [5.41, 5.74) is 11.5. The van der Waals surface area contributed by atoms with E-state index in [1.807, 2.05) is 11.3 Å². The van der Waals surface area contributed by atoms with Gasteiger partial charge >= 0.3 is 0 Å². The molecule has 0 N–H and O–H groups in total. The molecule has 0 bridgehead atoms. The first-order valence-electron chi connectivity index (χ1n) is 20.6. The number of fused-ring (bicyclic) bond motifs is 10. The van der Waals surface area contributed by atoms with Gasteiger partial charge in [-0.1, -0.05) is 188 Å². The highest BCUT2D eigenvalue weighted by Gasteiger charge is 2.24. The van der Waals surface area contributed by atoms with Crippen LogP contribution >= 0.6 is 11.3 Å². The van der Waals surface area contributed by atoms with E-state index in [-0.39, 0.29) is 0 Å². The first-order chi connectivity index (χ1) is 29.8. The molecule has 2 heterocycles. The Hall–Kier alpha value is -7.52. The van der Waals surface area contributed by atoms with Gasteiger partial charge in [0.1, 0.15) is 11.2 Å². The van der Waals surface area contributed by atoms with Gasteiger partial charge in [-0.05, 0) is 94.7 Å². The first kappa shape index (κ1) is 33.5. The van der Waals surface area contributed by atoms with Crippen molar-refractivity contribution in [2.75, 3.05) is 0 Å². The van der Waals surface area contributed by atoms with Gasteiger partial charge in [-0.3, -0.25) is 0 Å². The predicted molar refractivity (Wildman–Crippen MR) is 258 cm³/mol. The average Bonchev–Trinajstić information content (AvgIpc) is 3.89. The van der Waals surface area contributed by atoms with Gasteiger partial charge in [0.2, 0.25) is 0 Å². The maximum absolute atomic E-state index is 7.11. The second kappa shape index (κ2) is 13.0. The third kappa shape index (κ3) is 4.80. The molecule has 2 aromatic heterocycles. The molecule has 0 atom stereocenters. The van der Waals surface area contributed by atoms with Gasteiger partial charge < -0.3 is 4.42 Å². The summed E-state index contributed by atoms with van der Waals surface area (Å²) in [6, 6.07) is 75.5. The molecule has 0 fully saturated rings. The molecule has 13 aromatic rings. The van der Waals surface area contributed by atoms with Gasteiger partial charge in [0.25, 0.3) is 0 Å². The normalized spacial score (nSPS) is 12.0. The van der Waals surface area contributed by atoms with Crippen LogP contribution in [0.5, 0.6) is 0 Å². The van der Waals surface area contributed by atoms with E-state index in [9.17, 15) is 0 Å². The van der Waals surface area contributed by atoms with Crippen LogP contribution in [0.25, 0.3) is 130 Å². The Morgan fingerprint density at radius 3 is 1.35 bits per heavy atom. The minimum Gasteiger partial charge on any atom is -0.455 e. The monoisotopic (exact) mass is 778 g/mol. The lowest BCUT2D eigenvalue weighted by Crippen LogP contribution is -1.91. The number of hydrogen-bond donors (Lipinski definition) is 0. The van der Waals surface area contributed by atoms with Gasteiger partial charge in [0, 0.05) is 42.1 Å². The summed E-state index contributed by atoms with van der Waals surface area (Å²) in [6.45, 7) is 0. The molecule has 60 heavy (non-hydrogen) atoms. The van der Waals surface area contributed by atoms with E-state index in [4.69, 9.17) is 4.42 Å². The van der Waals surface area contributed by atoms with E-state index >= 15 is 0 Å². The lowest BCUT2D eigenvalue weighted by atomic mass is 9.84. The SMILES string of the molecule is c1ccc(-c2c3ccccc3c(-c3cccc4oc5c(-c6c7ccccc7c(-c7ccc8c(c7)sc7ccccc78)c7ccccc67)cccc5c34)c3ccccc23)cc1. The second-order valence-corrected chi connectivity index (χ2v) is 16.9. The van der Waals surface area contributed by atoms with Crippen molar-refractivity contribution in [2.45, 2.75) is 0 Å². The molecule has 1 nitrogen and oxygen atoms in total. The zero-order valence-electron chi connectivity index (χ0n) is 32.4. The second-order valence-electron chi connectivity index (χ2n) is 15.8. The zero-order chi connectivity index (χ0) is 39.3. The van der Waals surface area contributed by atoms with Crippen molar-refractivity contribution in [3.8, 4) is 44.5 Å². The van der Waals surface area contributed by atoms with Crippen LogP contribution in [-0.2, 0) is 0 Å². The van der Waals surface area contributed by atoms with Crippen LogP contribution in [0, 0.1) is 0 Å². The largest absolute Gasteiger partial charge is 0.455 e. The van der Waals surface area contributed by atoms with E-state index < -0.39 is 0 Å². The molecular formula is C58H34OS. The Morgan fingerprint density at radius 1 is 0.283 bits per heavy atom. The third-order valence-corrected chi connectivity index (χ3v) is 13.8. The van der Waals surface area contributed by atoms with E-state index in [0.29, 0.717) is 0 Å². The highest BCUT2D eigenvalue weighted by Crippen LogP contribution is 2.50. The standard InChI is InChI=1S/C58H34OS/c1-2-16-35(17-3-1)53-39-19-4-8-23-43(39)55(44-24-9-5-20-40(44)53)47-27-15-30-50-57(47)49-29-14-28-48(58(49)59-50)56-45-25-10-6-21-41(45)54(42-22-7-11-26-46(42)56)36-32-33-38-37-18-12-13-31-51(37)60-52(38)34-36/h1-34H. The summed E-state index contributed by atoms with van der Waals surface area (Å²) in [5.74, 6) is 0. The fourth-order valence-electron chi connectivity index (χ4n) is 10.2. The molecular weight excluding hydrogens is 745 g/mol. The van der Waals surface area contributed by atoms with Crippen molar-refractivity contribution in [3.63, 3.8) is 0 Å². The summed E-state index contributed by atoms with van der Waals surface area (Å²) in [6.07, 6.45) is 0. The van der Waals surface area contributed by atoms with Crippen LogP contribution in [0.15, 0.2) is 211 Å². The summed E-state index contributed by atoms with van der Waals surface area (Å²) in [7, 11) is 0. The molecule has 0 aliphatic heterocycles. The molecule has 13 rings (SSSR count). The fraction of sp³-hybridized carbons (Fsp3) is 0. The van der Waals surface area contributed by atoms with Gasteiger partial charge in [-0.15, -0.1) is 11.3 Å². The summed E-state index contributed by atoms with van der Waals surface area (Å²) >= 11 is 1.87. The maximum Gasteiger partial charge on any atom is 0.143 e. The minimum atomic E-state index is 0.886. The predicted octanol–water partition coefficient (Wildman–Crippen LogP) is 17.2. The summed E-state index contributed by atoms with van der Waals surface area (Å²) in [5, 5.41) is 14.7. The van der Waals surface area contributed by atoms with Gasteiger partial charge in [-0.25, -0.2) is 0 Å². The highest BCUT2D eigenvalue weighted by atomic mass is 32.1.